The molecule has 0 bridgehead atoms. The Balaban J connectivity index is 1.71. The minimum absolute atomic E-state index is 0.799. The molecular weight excluding hydrogens is 314 g/mol. The first-order valence-corrected chi connectivity index (χ1v) is 9.33. The van der Waals surface area contributed by atoms with Gasteiger partial charge in [0.1, 0.15) is 11.1 Å². The summed E-state index contributed by atoms with van der Waals surface area (Å²) < 4.78 is 0. The first-order valence-electron chi connectivity index (χ1n) is 8.51. The molecule has 0 unspecified atom stereocenters. The van der Waals surface area contributed by atoms with Gasteiger partial charge in [0.25, 0.3) is 0 Å². The standard InChI is InChI=1S/C20H19N3S/c21-11-17-16-8-3-1-2-4-10-19(16)24-20(17)23-13-14-12-22-18-9-6-5-7-15(14)18/h5-7,9,12-13,22H,1-4,8,10H2/b23-13+. The molecule has 1 aromatic carbocycles. The number of aromatic amines is 1. The van der Waals surface area contributed by atoms with Crippen LogP contribution in [0.4, 0.5) is 5.00 Å². The molecule has 1 aliphatic rings. The second-order valence-electron chi connectivity index (χ2n) is 6.26. The summed E-state index contributed by atoms with van der Waals surface area (Å²) in [7, 11) is 0. The molecule has 4 heteroatoms. The Hall–Kier alpha value is -2.38. The highest BCUT2D eigenvalue weighted by Crippen LogP contribution is 2.38. The summed E-state index contributed by atoms with van der Waals surface area (Å²) in [6.07, 6.45) is 11.0. The molecule has 3 aromatic rings. The maximum atomic E-state index is 9.63. The van der Waals surface area contributed by atoms with E-state index in [1.807, 2.05) is 24.5 Å². The lowest BCUT2D eigenvalue weighted by Gasteiger charge is -2.08. The van der Waals surface area contributed by atoms with Crippen molar-refractivity contribution in [3.63, 3.8) is 0 Å². The number of fused-ring (bicyclic) bond motifs is 2. The summed E-state index contributed by atoms with van der Waals surface area (Å²) in [6, 6.07) is 10.6. The molecular formula is C20H19N3S. The summed E-state index contributed by atoms with van der Waals surface area (Å²) in [5.41, 5.74) is 4.23. The number of aliphatic imine (C=N–C) groups is 1. The number of thiophene rings is 1. The molecule has 24 heavy (non-hydrogen) atoms. The van der Waals surface area contributed by atoms with Gasteiger partial charge in [0.05, 0.1) is 5.56 Å². The van der Waals surface area contributed by atoms with E-state index in [1.165, 1.54) is 36.1 Å². The fourth-order valence-corrected chi connectivity index (χ4v) is 4.62. The van der Waals surface area contributed by atoms with Gasteiger partial charge in [0, 0.05) is 33.8 Å². The SMILES string of the molecule is N#Cc1c(/N=C/c2c[nH]c3ccccc23)sc2c1CCCCCC2. The summed E-state index contributed by atoms with van der Waals surface area (Å²) in [5, 5.41) is 11.7. The van der Waals surface area contributed by atoms with Gasteiger partial charge >= 0.3 is 0 Å². The quantitative estimate of drug-likeness (QED) is 0.618. The van der Waals surface area contributed by atoms with E-state index in [2.05, 4.69) is 28.2 Å². The fourth-order valence-electron chi connectivity index (χ4n) is 3.44. The molecule has 0 amide bonds. The smallest absolute Gasteiger partial charge is 0.134 e. The molecule has 3 nitrogen and oxygen atoms in total. The molecule has 1 aliphatic carbocycles. The topological polar surface area (TPSA) is 51.9 Å². The Labute approximate surface area is 145 Å². The summed E-state index contributed by atoms with van der Waals surface area (Å²) >= 11 is 1.71. The van der Waals surface area contributed by atoms with E-state index in [9.17, 15) is 5.26 Å². The molecule has 0 radical (unpaired) electrons. The van der Waals surface area contributed by atoms with Gasteiger partial charge in [-0.25, -0.2) is 4.99 Å². The number of benzene rings is 1. The van der Waals surface area contributed by atoms with E-state index in [4.69, 9.17) is 0 Å². The van der Waals surface area contributed by atoms with E-state index in [0.717, 1.165) is 39.9 Å². The zero-order chi connectivity index (χ0) is 16.4. The summed E-state index contributed by atoms with van der Waals surface area (Å²) in [6.45, 7) is 0. The van der Waals surface area contributed by atoms with E-state index >= 15 is 0 Å². The highest BCUT2D eigenvalue weighted by atomic mass is 32.1. The van der Waals surface area contributed by atoms with Crippen LogP contribution in [0.3, 0.4) is 0 Å². The van der Waals surface area contributed by atoms with Crippen molar-refractivity contribution in [2.75, 3.05) is 0 Å². The number of para-hydroxylation sites is 1. The largest absolute Gasteiger partial charge is 0.361 e. The van der Waals surface area contributed by atoms with Gasteiger partial charge in [-0.3, -0.25) is 0 Å². The molecule has 2 heterocycles. The zero-order valence-electron chi connectivity index (χ0n) is 13.5. The first-order chi connectivity index (χ1) is 11.9. The van der Waals surface area contributed by atoms with Crippen LogP contribution in [0, 0.1) is 11.3 Å². The lowest BCUT2D eigenvalue weighted by Crippen LogP contribution is -1.97. The van der Waals surface area contributed by atoms with Crippen LogP contribution in [0.15, 0.2) is 35.5 Å². The first kappa shape index (κ1) is 15.2. The van der Waals surface area contributed by atoms with E-state index in [-0.39, 0.29) is 0 Å². The van der Waals surface area contributed by atoms with Gasteiger partial charge in [0.15, 0.2) is 0 Å². The predicted octanol–water partition coefficient (Wildman–Crippen LogP) is 5.51. The van der Waals surface area contributed by atoms with Crippen LogP contribution >= 0.6 is 11.3 Å². The van der Waals surface area contributed by atoms with Gasteiger partial charge in [-0.2, -0.15) is 5.26 Å². The molecule has 0 spiro atoms. The van der Waals surface area contributed by atoms with Gasteiger partial charge in [-0.1, -0.05) is 31.0 Å². The predicted molar refractivity (Wildman–Crippen MR) is 100 cm³/mol. The third kappa shape index (κ3) is 2.76. The van der Waals surface area contributed by atoms with Gasteiger partial charge < -0.3 is 4.98 Å². The average molecular weight is 333 g/mol. The maximum Gasteiger partial charge on any atom is 0.134 e. The highest BCUT2D eigenvalue weighted by Gasteiger charge is 2.18. The summed E-state index contributed by atoms with van der Waals surface area (Å²) in [4.78, 5) is 9.33. The number of H-pyrrole nitrogens is 1. The van der Waals surface area contributed by atoms with Crippen LogP contribution in [-0.4, -0.2) is 11.2 Å². The van der Waals surface area contributed by atoms with Crippen LogP contribution in [0.1, 0.15) is 47.3 Å². The van der Waals surface area contributed by atoms with Crippen molar-refractivity contribution in [3.8, 4) is 6.07 Å². The second-order valence-corrected chi connectivity index (χ2v) is 7.34. The molecule has 0 fully saturated rings. The van der Waals surface area contributed by atoms with Crippen molar-refractivity contribution in [1.29, 1.82) is 5.26 Å². The van der Waals surface area contributed by atoms with Crippen molar-refractivity contribution in [2.45, 2.75) is 38.5 Å². The Bertz CT molecular complexity index is 940. The van der Waals surface area contributed by atoms with Gasteiger partial charge in [-0.05, 0) is 37.3 Å². The Morgan fingerprint density at radius 2 is 1.96 bits per heavy atom. The summed E-state index contributed by atoms with van der Waals surface area (Å²) in [5.74, 6) is 0. The molecule has 2 aromatic heterocycles. The highest BCUT2D eigenvalue weighted by molar-refractivity contribution is 7.16. The van der Waals surface area contributed by atoms with Gasteiger partial charge in [-0.15, -0.1) is 11.3 Å². The third-order valence-electron chi connectivity index (χ3n) is 4.71. The number of nitriles is 1. The number of hydrogen-bond donors (Lipinski definition) is 1. The van der Waals surface area contributed by atoms with Crippen LogP contribution in [0.25, 0.3) is 10.9 Å². The molecule has 0 aliphatic heterocycles. The molecule has 0 atom stereocenters. The molecule has 120 valence electrons. The monoisotopic (exact) mass is 333 g/mol. The lowest BCUT2D eigenvalue weighted by atomic mass is 9.97. The van der Waals surface area contributed by atoms with Crippen LogP contribution in [0.5, 0.6) is 0 Å². The molecule has 1 N–H and O–H groups in total. The number of hydrogen-bond acceptors (Lipinski definition) is 3. The second kappa shape index (κ2) is 6.62. The number of nitrogens with zero attached hydrogens (tertiary/aromatic N) is 2. The van der Waals surface area contributed by atoms with E-state index < -0.39 is 0 Å². The van der Waals surface area contributed by atoms with Crippen LogP contribution < -0.4 is 0 Å². The molecule has 0 saturated carbocycles. The maximum absolute atomic E-state index is 9.63. The third-order valence-corrected chi connectivity index (χ3v) is 5.91. The minimum atomic E-state index is 0.799. The minimum Gasteiger partial charge on any atom is -0.361 e. The Morgan fingerprint density at radius 1 is 1.12 bits per heavy atom. The number of nitrogens with one attached hydrogen (secondary N) is 1. The Morgan fingerprint density at radius 3 is 2.83 bits per heavy atom. The van der Waals surface area contributed by atoms with E-state index in [0.29, 0.717) is 0 Å². The van der Waals surface area contributed by atoms with Crippen molar-refractivity contribution < 1.29 is 0 Å². The van der Waals surface area contributed by atoms with Crippen molar-refractivity contribution in [3.05, 3.63) is 52.0 Å². The molecule has 4 rings (SSSR count). The average Bonchev–Trinajstić information content (AvgIpc) is 3.14. The van der Waals surface area contributed by atoms with Gasteiger partial charge in [0.2, 0.25) is 0 Å². The Kier molecular flexibility index (Phi) is 4.18. The number of aryl methyl sites for hydroxylation is 1. The van der Waals surface area contributed by atoms with E-state index in [1.54, 1.807) is 11.3 Å². The van der Waals surface area contributed by atoms with Crippen molar-refractivity contribution in [1.82, 2.24) is 4.98 Å². The number of rotatable bonds is 2. The zero-order valence-corrected chi connectivity index (χ0v) is 14.3. The molecule has 0 saturated heterocycles. The lowest BCUT2D eigenvalue weighted by molar-refractivity contribution is 0.622. The van der Waals surface area contributed by atoms with Crippen LogP contribution in [-0.2, 0) is 12.8 Å². The van der Waals surface area contributed by atoms with Crippen molar-refractivity contribution >= 4 is 33.5 Å². The number of aromatic nitrogens is 1. The normalized spacial score (nSPS) is 15.1. The van der Waals surface area contributed by atoms with Crippen LogP contribution in [0.2, 0.25) is 0 Å². The van der Waals surface area contributed by atoms with Crippen molar-refractivity contribution in [2.24, 2.45) is 4.99 Å². The fraction of sp³-hybridized carbons (Fsp3) is 0.300.